The number of phenolic OH excluding ortho intramolecular Hbond substituents is 1. The Hall–Kier alpha value is -4.13. The molecule has 0 saturated carbocycles. The summed E-state index contributed by atoms with van der Waals surface area (Å²) in [7, 11) is 0. The van der Waals surface area contributed by atoms with Crippen LogP contribution in [0.1, 0.15) is 36.2 Å². The molecule has 1 unspecified atom stereocenters. The van der Waals surface area contributed by atoms with E-state index in [1.165, 1.54) is 17.0 Å². The van der Waals surface area contributed by atoms with E-state index in [4.69, 9.17) is 4.74 Å². The fraction of sp³-hybridized carbons (Fsp3) is 0.192. The van der Waals surface area contributed by atoms with E-state index in [2.05, 4.69) is 4.98 Å². The Morgan fingerprint density at radius 2 is 1.88 bits per heavy atom. The minimum absolute atomic E-state index is 0.00844. The number of aromatic nitrogens is 1. The summed E-state index contributed by atoms with van der Waals surface area (Å²) < 4.78 is 5.65. The van der Waals surface area contributed by atoms with Crippen molar-refractivity contribution in [3.8, 4) is 11.5 Å². The van der Waals surface area contributed by atoms with Crippen LogP contribution in [0.15, 0.2) is 78.5 Å². The first kappa shape index (κ1) is 22.1. The van der Waals surface area contributed by atoms with E-state index in [-0.39, 0.29) is 23.6 Å². The second kappa shape index (κ2) is 9.56. The van der Waals surface area contributed by atoms with Crippen molar-refractivity contribution in [3.63, 3.8) is 0 Å². The molecule has 1 aliphatic rings. The summed E-state index contributed by atoms with van der Waals surface area (Å²) in [5.41, 5.74) is 1.42. The number of aliphatic hydroxyl groups excluding tert-OH is 1. The molecule has 0 radical (unpaired) electrons. The molecule has 3 aromatic rings. The average molecular weight is 444 g/mol. The number of hydrogen-bond acceptors (Lipinski definition) is 6. The number of aliphatic hydroxyl groups is 1. The van der Waals surface area contributed by atoms with Gasteiger partial charge in [0.25, 0.3) is 11.7 Å². The Kier molecular flexibility index (Phi) is 6.40. The summed E-state index contributed by atoms with van der Waals surface area (Å²) in [5.74, 6) is -1.29. The molecule has 1 aromatic heterocycles. The number of rotatable bonds is 7. The predicted octanol–water partition coefficient (Wildman–Crippen LogP) is 4.20. The van der Waals surface area contributed by atoms with Crippen LogP contribution < -0.4 is 4.74 Å². The number of benzene rings is 2. The highest BCUT2D eigenvalue weighted by molar-refractivity contribution is 6.46. The molecule has 7 heteroatoms. The Morgan fingerprint density at radius 3 is 2.61 bits per heavy atom. The number of Topliss-reactive ketones (excluding diaryl/α,β-unsaturated/α-hetero) is 1. The van der Waals surface area contributed by atoms with Gasteiger partial charge in [-0.3, -0.25) is 14.6 Å². The van der Waals surface area contributed by atoms with Gasteiger partial charge in [-0.15, -0.1) is 0 Å². The number of ether oxygens (including phenoxy) is 1. The molecule has 1 fully saturated rings. The lowest BCUT2D eigenvalue weighted by Gasteiger charge is -2.25. The summed E-state index contributed by atoms with van der Waals surface area (Å²) in [4.78, 5) is 31.8. The van der Waals surface area contributed by atoms with E-state index in [9.17, 15) is 19.8 Å². The number of carbonyl (C=O) groups is 2. The van der Waals surface area contributed by atoms with Gasteiger partial charge in [0.05, 0.1) is 30.5 Å². The SMILES string of the molecule is CCCOc1cccc(/C(O)=C2/C(=O)C(=O)N(Cc3ccccn3)C2c2cccc(O)c2)c1. The standard InChI is InChI=1S/C26H24N2O5/c1-2-13-33-21-11-6-8-18(15-21)24(30)22-23(17-7-5-10-20(29)14-17)28(26(32)25(22)31)16-19-9-3-4-12-27-19/h3-12,14-15,23,29-30H,2,13,16H2,1H3/b24-22-. The van der Waals surface area contributed by atoms with Crippen LogP contribution in [0.3, 0.4) is 0 Å². The third-order valence-electron chi connectivity index (χ3n) is 5.36. The minimum Gasteiger partial charge on any atom is -0.508 e. The van der Waals surface area contributed by atoms with Crippen LogP contribution in [-0.4, -0.2) is 38.4 Å². The smallest absolute Gasteiger partial charge is 0.296 e. The Morgan fingerprint density at radius 1 is 1.06 bits per heavy atom. The fourth-order valence-electron chi connectivity index (χ4n) is 3.86. The second-order valence-corrected chi connectivity index (χ2v) is 7.72. The van der Waals surface area contributed by atoms with Crippen molar-refractivity contribution in [1.29, 1.82) is 0 Å². The number of pyridine rings is 1. The maximum Gasteiger partial charge on any atom is 0.296 e. The zero-order valence-corrected chi connectivity index (χ0v) is 18.1. The lowest BCUT2D eigenvalue weighted by atomic mass is 9.95. The van der Waals surface area contributed by atoms with Crippen molar-refractivity contribution in [2.75, 3.05) is 6.61 Å². The molecule has 168 valence electrons. The molecule has 1 aliphatic heterocycles. The normalized spacial score (nSPS) is 17.4. The third kappa shape index (κ3) is 4.57. The van der Waals surface area contributed by atoms with Crippen LogP contribution in [0.4, 0.5) is 0 Å². The Bertz CT molecular complexity index is 1210. The number of carbonyl (C=O) groups excluding carboxylic acids is 2. The molecular weight excluding hydrogens is 420 g/mol. The van der Waals surface area contributed by atoms with Crippen molar-refractivity contribution in [3.05, 3.63) is 95.3 Å². The molecule has 1 atom stereocenters. The van der Waals surface area contributed by atoms with E-state index in [0.29, 0.717) is 29.2 Å². The van der Waals surface area contributed by atoms with Crippen molar-refractivity contribution in [2.24, 2.45) is 0 Å². The number of nitrogens with zero attached hydrogens (tertiary/aromatic N) is 2. The fourth-order valence-corrected chi connectivity index (χ4v) is 3.86. The number of hydrogen-bond donors (Lipinski definition) is 2. The topological polar surface area (TPSA) is 100.0 Å². The zero-order chi connectivity index (χ0) is 23.4. The van der Waals surface area contributed by atoms with Crippen LogP contribution in [0.25, 0.3) is 5.76 Å². The molecule has 7 nitrogen and oxygen atoms in total. The monoisotopic (exact) mass is 444 g/mol. The molecule has 2 N–H and O–H groups in total. The summed E-state index contributed by atoms with van der Waals surface area (Å²) in [6.45, 7) is 2.58. The number of aromatic hydroxyl groups is 1. The van der Waals surface area contributed by atoms with E-state index >= 15 is 0 Å². The van der Waals surface area contributed by atoms with Crippen molar-refractivity contribution in [1.82, 2.24) is 9.88 Å². The minimum atomic E-state index is -0.890. The largest absolute Gasteiger partial charge is 0.508 e. The van der Waals surface area contributed by atoms with E-state index in [1.807, 2.05) is 6.92 Å². The third-order valence-corrected chi connectivity index (χ3v) is 5.36. The predicted molar refractivity (Wildman–Crippen MR) is 122 cm³/mol. The van der Waals surface area contributed by atoms with Crippen LogP contribution in [0.5, 0.6) is 11.5 Å². The first-order chi connectivity index (χ1) is 16.0. The molecule has 4 rings (SSSR count). The lowest BCUT2D eigenvalue weighted by molar-refractivity contribution is -0.140. The molecule has 0 aliphatic carbocycles. The number of ketones is 1. The molecule has 33 heavy (non-hydrogen) atoms. The summed E-state index contributed by atoms with van der Waals surface area (Å²) in [5, 5.41) is 21.2. The first-order valence-corrected chi connectivity index (χ1v) is 10.7. The van der Waals surface area contributed by atoms with Gasteiger partial charge >= 0.3 is 0 Å². The number of amides is 1. The van der Waals surface area contributed by atoms with Gasteiger partial charge in [0.1, 0.15) is 17.3 Å². The van der Waals surface area contributed by atoms with Crippen LogP contribution >= 0.6 is 0 Å². The molecule has 0 bridgehead atoms. The Balaban J connectivity index is 1.83. The van der Waals surface area contributed by atoms with Gasteiger partial charge in [-0.1, -0.05) is 37.3 Å². The van der Waals surface area contributed by atoms with Gasteiger partial charge in [0.15, 0.2) is 0 Å². The first-order valence-electron chi connectivity index (χ1n) is 10.7. The molecule has 1 amide bonds. The van der Waals surface area contributed by atoms with Crippen molar-refractivity contribution in [2.45, 2.75) is 25.9 Å². The lowest BCUT2D eigenvalue weighted by Crippen LogP contribution is -2.29. The van der Waals surface area contributed by atoms with E-state index < -0.39 is 17.7 Å². The Labute approximate surface area is 191 Å². The highest BCUT2D eigenvalue weighted by Crippen LogP contribution is 2.41. The summed E-state index contributed by atoms with van der Waals surface area (Å²) >= 11 is 0. The highest BCUT2D eigenvalue weighted by atomic mass is 16.5. The number of likely N-dealkylation sites (tertiary alicyclic amines) is 1. The molecular formula is C26H24N2O5. The maximum atomic E-state index is 13.1. The van der Waals surface area contributed by atoms with Crippen LogP contribution in [-0.2, 0) is 16.1 Å². The van der Waals surface area contributed by atoms with E-state index in [1.54, 1.807) is 60.8 Å². The van der Waals surface area contributed by atoms with Gasteiger partial charge in [-0.25, -0.2) is 0 Å². The van der Waals surface area contributed by atoms with Crippen LogP contribution in [0.2, 0.25) is 0 Å². The molecule has 0 spiro atoms. The summed E-state index contributed by atoms with van der Waals surface area (Å²) in [6, 6.07) is 17.5. The van der Waals surface area contributed by atoms with Gasteiger partial charge in [0.2, 0.25) is 0 Å². The van der Waals surface area contributed by atoms with E-state index in [0.717, 1.165) is 6.42 Å². The van der Waals surface area contributed by atoms with Gasteiger partial charge in [-0.2, -0.15) is 0 Å². The van der Waals surface area contributed by atoms with Gasteiger partial charge in [-0.05, 0) is 48.4 Å². The number of phenols is 1. The van der Waals surface area contributed by atoms with Crippen LogP contribution in [0, 0.1) is 0 Å². The van der Waals surface area contributed by atoms with Crippen molar-refractivity contribution >= 4 is 17.4 Å². The van der Waals surface area contributed by atoms with Crippen molar-refractivity contribution < 1.29 is 24.5 Å². The van der Waals surface area contributed by atoms with Gasteiger partial charge in [0, 0.05) is 11.8 Å². The summed E-state index contributed by atoms with van der Waals surface area (Å²) in [6.07, 6.45) is 2.43. The van der Waals surface area contributed by atoms with Gasteiger partial charge < -0.3 is 19.8 Å². The molecule has 2 heterocycles. The quantitative estimate of drug-likeness (QED) is 0.322. The highest BCUT2D eigenvalue weighted by Gasteiger charge is 2.46. The average Bonchev–Trinajstić information content (AvgIpc) is 3.08. The zero-order valence-electron chi connectivity index (χ0n) is 18.1. The molecule has 2 aromatic carbocycles. The second-order valence-electron chi connectivity index (χ2n) is 7.72. The molecule has 1 saturated heterocycles. The maximum absolute atomic E-state index is 13.1.